The van der Waals surface area contributed by atoms with Crippen LogP contribution in [0.3, 0.4) is 0 Å². The van der Waals surface area contributed by atoms with Gasteiger partial charge in [-0.1, -0.05) is 6.07 Å². The van der Waals surface area contributed by atoms with Gasteiger partial charge >= 0.3 is 0 Å². The molecule has 1 atom stereocenters. The summed E-state index contributed by atoms with van der Waals surface area (Å²) in [6, 6.07) is 6.31. The zero-order chi connectivity index (χ0) is 9.97. The molecule has 1 aromatic carbocycles. The SMILES string of the molecule is Cc1ccc2c(c1)NC(CCO)CO2. The van der Waals surface area contributed by atoms with Crippen molar-refractivity contribution in [3.8, 4) is 5.75 Å². The van der Waals surface area contributed by atoms with Crippen molar-refractivity contribution in [2.24, 2.45) is 0 Å². The number of benzene rings is 1. The molecule has 0 amide bonds. The molecule has 2 rings (SSSR count). The van der Waals surface area contributed by atoms with Gasteiger partial charge in [-0.05, 0) is 31.0 Å². The summed E-state index contributed by atoms with van der Waals surface area (Å²) in [5.41, 5.74) is 2.25. The van der Waals surface area contributed by atoms with Crippen molar-refractivity contribution in [1.29, 1.82) is 0 Å². The highest BCUT2D eigenvalue weighted by Gasteiger charge is 2.17. The van der Waals surface area contributed by atoms with Crippen molar-refractivity contribution in [3.05, 3.63) is 23.8 Å². The van der Waals surface area contributed by atoms with Gasteiger partial charge in [0, 0.05) is 6.61 Å². The molecule has 3 nitrogen and oxygen atoms in total. The maximum absolute atomic E-state index is 8.83. The summed E-state index contributed by atoms with van der Waals surface area (Å²) >= 11 is 0. The van der Waals surface area contributed by atoms with Crippen LogP contribution in [0.25, 0.3) is 0 Å². The molecule has 14 heavy (non-hydrogen) atoms. The quantitative estimate of drug-likeness (QED) is 0.748. The summed E-state index contributed by atoms with van der Waals surface area (Å²) in [7, 11) is 0. The van der Waals surface area contributed by atoms with Crippen LogP contribution in [-0.2, 0) is 0 Å². The zero-order valence-corrected chi connectivity index (χ0v) is 8.29. The smallest absolute Gasteiger partial charge is 0.142 e. The molecule has 1 aliphatic heterocycles. The molecule has 0 saturated heterocycles. The molecule has 0 bridgehead atoms. The van der Waals surface area contributed by atoms with E-state index in [1.807, 2.05) is 12.1 Å². The Morgan fingerprint density at radius 2 is 2.43 bits per heavy atom. The lowest BCUT2D eigenvalue weighted by atomic mass is 10.1. The summed E-state index contributed by atoms with van der Waals surface area (Å²) in [5, 5.41) is 12.2. The van der Waals surface area contributed by atoms with Crippen molar-refractivity contribution < 1.29 is 9.84 Å². The normalized spacial score (nSPS) is 19.4. The predicted molar refractivity (Wildman–Crippen MR) is 55.8 cm³/mol. The van der Waals surface area contributed by atoms with Gasteiger partial charge in [0.05, 0.1) is 11.7 Å². The fourth-order valence-electron chi connectivity index (χ4n) is 1.65. The molecule has 2 N–H and O–H groups in total. The van der Waals surface area contributed by atoms with Crippen molar-refractivity contribution >= 4 is 5.69 Å². The Morgan fingerprint density at radius 3 is 3.21 bits per heavy atom. The molecule has 1 aromatic rings. The minimum Gasteiger partial charge on any atom is -0.489 e. The first-order valence-corrected chi connectivity index (χ1v) is 4.90. The van der Waals surface area contributed by atoms with E-state index < -0.39 is 0 Å². The fraction of sp³-hybridized carbons (Fsp3) is 0.455. The first-order chi connectivity index (χ1) is 6.79. The van der Waals surface area contributed by atoms with Gasteiger partial charge in [0.1, 0.15) is 12.4 Å². The van der Waals surface area contributed by atoms with Crippen LogP contribution in [-0.4, -0.2) is 24.4 Å². The first kappa shape index (κ1) is 9.34. The molecule has 1 aliphatic rings. The number of anilines is 1. The Labute approximate surface area is 83.7 Å². The number of hydrogen-bond acceptors (Lipinski definition) is 3. The summed E-state index contributed by atoms with van der Waals surface area (Å²) in [6.07, 6.45) is 0.730. The van der Waals surface area contributed by atoms with Gasteiger partial charge in [-0.25, -0.2) is 0 Å². The van der Waals surface area contributed by atoms with Crippen molar-refractivity contribution in [2.75, 3.05) is 18.5 Å². The topological polar surface area (TPSA) is 41.5 Å². The van der Waals surface area contributed by atoms with E-state index in [4.69, 9.17) is 9.84 Å². The molecule has 0 fully saturated rings. The van der Waals surface area contributed by atoms with Crippen LogP contribution in [0.15, 0.2) is 18.2 Å². The number of aliphatic hydroxyl groups is 1. The third-order valence-electron chi connectivity index (χ3n) is 2.41. The molecule has 3 heteroatoms. The van der Waals surface area contributed by atoms with E-state index in [9.17, 15) is 0 Å². The lowest BCUT2D eigenvalue weighted by Gasteiger charge is -2.27. The van der Waals surface area contributed by atoms with Crippen LogP contribution >= 0.6 is 0 Å². The lowest BCUT2D eigenvalue weighted by Crippen LogP contribution is -2.32. The Bertz CT molecular complexity index is 325. The van der Waals surface area contributed by atoms with Crippen LogP contribution in [0.5, 0.6) is 5.75 Å². The molecule has 1 heterocycles. The Balaban J connectivity index is 2.16. The highest BCUT2D eigenvalue weighted by Crippen LogP contribution is 2.30. The standard InChI is InChI=1S/C11H15NO2/c1-8-2-3-11-10(6-8)12-9(4-5-13)7-14-11/h2-3,6,9,12-13H,4-5,7H2,1H3. The number of ether oxygens (including phenoxy) is 1. The minimum absolute atomic E-state index is 0.197. The van der Waals surface area contributed by atoms with Gasteiger partial charge in [0.25, 0.3) is 0 Å². The third kappa shape index (κ3) is 1.82. The van der Waals surface area contributed by atoms with Gasteiger partial charge in [0.2, 0.25) is 0 Å². The summed E-state index contributed by atoms with van der Waals surface area (Å²) in [6.45, 7) is 2.89. The second-order valence-corrected chi connectivity index (χ2v) is 3.66. The number of aliphatic hydroxyl groups excluding tert-OH is 1. The third-order valence-corrected chi connectivity index (χ3v) is 2.41. The van der Waals surface area contributed by atoms with Gasteiger partial charge < -0.3 is 15.2 Å². The number of rotatable bonds is 2. The highest BCUT2D eigenvalue weighted by molar-refractivity contribution is 5.59. The van der Waals surface area contributed by atoms with Crippen LogP contribution < -0.4 is 10.1 Å². The zero-order valence-electron chi connectivity index (χ0n) is 8.29. The predicted octanol–water partition coefficient (Wildman–Crippen LogP) is 1.55. The van der Waals surface area contributed by atoms with Gasteiger partial charge in [-0.3, -0.25) is 0 Å². The molecule has 0 radical (unpaired) electrons. The van der Waals surface area contributed by atoms with Crippen LogP contribution in [0, 0.1) is 6.92 Å². The monoisotopic (exact) mass is 193 g/mol. The fourth-order valence-corrected chi connectivity index (χ4v) is 1.65. The van der Waals surface area contributed by atoms with E-state index >= 15 is 0 Å². The number of hydrogen-bond donors (Lipinski definition) is 2. The van der Waals surface area contributed by atoms with Gasteiger partial charge in [-0.15, -0.1) is 0 Å². The Hall–Kier alpha value is -1.22. The van der Waals surface area contributed by atoms with Crippen LogP contribution in [0.4, 0.5) is 5.69 Å². The average Bonchev–Trinajstić information content (AvgIpc) is 2.17. The number of fused-ring (bicyclic) bond motifs is 1. The summed E-state index contributed by atoms with van der Waals surface area (Å²) < 4.78 is 5.57. The maximum atomic E-state index is 8.83. The van der Waals surface area contributed by atoms with Crippen LogP contribution in [0.1, 0.15) is 12.0 Å². The molecule has 0 aliphatic carbocycles. The molecule has 0 aromatic heterocycles. The number of nitrogens with one attached hydrogen (secondary N) is 1. The molecule has 0 spiro atoms. The molecular weight excluding hydrogens is 178 g/mol. The lowest BCUT2D eigenvalue weighted by molar-refractivity contribution is 0.233. The molecule has 0 saturated carbocycles. The number of aryl methyl sites for hydroxylation is 1. The van der Waals surface area contributed by atoms with E-state index in [-0.39, 0.29) is 12.6 Å². The van der Waals surface area contributed by atoms with Crippen LogP contribution in [0.2, 0.25) is 0 Å². The van der Waals surface area contributed by atoms with E-state index in [1.54, 1.807) is 0 Å². The van der Waals surface area contributed by atoms with Gasteiger partial charge in [0.15, 0.2) is 0 Å². The second kappa shape index (κ2) is 3.88. The molecule has 1 unspecified atom stereocenters. The minimum atomic E-state index is 0.197. The maximum Gasteiger partial charge on any atom is 0.142 e. The molecule has 76 valence electrons. The summed E-state index contributed by atoms with van der Waals surface area (Å²) in [4.78, 5) is 0. The van der Waals surface area contributed by atoms with Crippen molar-refractivity contribution in [1.82, 2.24) is 0 Å². The Kier molecular flexibility index (Phi) is 2.59. The average molecular weight is 193 g/mol. The first-order valence-electron chi connectivity index (χ1n) is 4.90. The highest BCUT2D eigenvalue weighted by atomic mass is 16.5. The van der Waals surface area contributed by atoms with E-state index in [2.05, 4.69) is 18.3 Å². The Morgan fingerprint density at radius 1 is 1.57 bits per heavy atom. The molecular formula is C11H15NO2. The van der Waals surface area contributed by atoms with E-state index in [0.717, 1.165) is 17.9 Å². The summed E-state index contributed by atoms with van der Waals surface area (Å²) in [5.74, 6) is 0.907. The van der Waals surface area contributed by atoms with E-state index in [0.29, 0.717) is 6.61 Å². The largest absolute Gasteiger partial charge is 0.489 e. The van der Waals surface area contributed by atoms with Crippen molar-refractivity contribution in [3.63, 3.8) is 0 Å². The van der Waals surface area contributed by atoms with E-state index in [1.165, 1.54) is 5.56 Å². The second-order valence-electron chi connectivity index (χ2n) is 3.66. The van der Waals surface area contributed by atoms with Gasteiger partial charge in [-0.2, -0.15) is 0 Å². The van der Waals surface area contributed by atoms with Crippen molar-refractivity contribution in [2.45, 2.75) is 19.4 Å².